The zero-order valence-electron chi connectivity index (χ0n) is 11.1. The van der Waals surface area contributed by atoms with Gasteiger partial charge in [0.25, 0.3) is 5.56 Å². The number of hydrogen-bond donors (Lipinski definition) is 4. The van der Waals surface area contributed by atoms with E-state index in [0.717, 1.165) is 24.8 Å². The van der Waals surface area contributed by atoms with Crippen LogP contribution in [0.25, 0.3) is 11.0 Å². The fraction of sp³-hybridized carbons (Fsp3) is 0.538. The summed E-state index contributed by atoms with van der Waals surface area (Å²) in [6.45, 7) is 2.84. The molecular formula is C13H20N4O2. The van der Waals surface area contributed by atoms with Crippen molar-refractivity contribution in [2.45, 2.75) is 38.8 Å². The van der Waals surface area contributed by atoms with Crippen LogP contribution in [0.2, 0.25) is 0 Å². The summed E-state index contributed by atoms with van der Waals surface area (Å²) < 4.78 is 0. The van der Waals surface area contributed by atoms with E-state index in [0.29, 0.717) is 17.6 Å². The van der Waals surface area contributed by atoms with E-state index in [1.165, 1.54) is 6.33 Å². The molecular weight excluding hydrogens is 244 g/mol. The van der Waals surface area contributed by atoms with Crippen LogP contribution in [0.4, 0.5) is 0 Å². The molecule has 6 heteroatoms. The number of aliphatic hydroxyl groups excluding tert-OH is 1. The Balaban J connectivity index is 2.05. The van der Waals surface area contributed by atoms with Crippen LogP contribution in [0.1, 0.15) is 31.7 Å². The molecule has 0 unspecified atom stereocenters. The van der Waals surface area contributed by atoms with Gasteiger partial charge in [-0.3, -0.25) is 4.79 Å². The molecule has 0 aliphatic heterocycles. The van der Waals surface area contributed by atoms with Crippen molar-refractivity contribution in [1.82, 2.24) is 20.3 Å². The second-order valence-corrected chi connectivity index (χ2v) is 4.67. The van der Waals surface area contributed by atoms with Crippen molar-refractivity contribution in [1.29, 1.82) is 0 Å². The van der Waals surface area contributed by atoms with E-state index in [4.69, 9.17) is 0 Å². The molecule has 0 fully saturated rings. The molecule has 2 rings (SSSR count). The van der Waals surface area contributed by atoms with Gasteiger partial charge in [0.2, 0.25) is 0 Å². The second-order valence-electron chi connectivity index (χ2n) is 4.67. The summed E-state index contributed by atoms with van der Waals surface area (Å²) in [5, 5.41) is 12.6. The molecule has 0 spiro atoms. The highest BCUT2D eigenvalue weighted by molar-refractivity contribution is 5.77. The predicted octanol–water partition coefficient (Wildman–Crippen LogP) is 0.892. The average Bonchev–Trinajstić information content (AvgIpc) is 2.84. The summed E-state index contributed by atoms with van der Waals surface area (Å²) in [5.74, 6) is 0. The minimum atomic E-state index is -0.166. The second kappa shape index (κ2) is 6.49. The molecule has 1 atom stereocenters. The summed E-state index contributed by atoms with van der Waals surface area (Å²) in [4.78, 5) is 21.2. The normalized spacial score (nSPS) is 12.9. The Morgan fingerprint density at radius 2 is 2.32 bits per heavy atom. The van der Waals surface area contributed by atoms with Gasteiger partial charge in [0, 0.05) is 24.3 Å². The lowest BCUT2D eigenvalue weighted by Crippen LogP contribution is -2.31. The summed E-state index contributed by atoms with van der Waals surface area (Å²) in [7, 11) is 0. The number of aliphatic hydroxyl groups is 1. The smallest absolute Gasteiger partial charge is 0.275 e. The van der Waals surface area contributed by atoms with E-state index < -0.39 is 0 Å². The Bertz CT molecular complexity index is 575. The molecule has 19 heavy (non-hydrogen) atoms. The molecule has 2 aromatic rings. The molecule has 104 valence electrons. The number of nitrogens with zero attached hydrogens (tertiary/aromatic N) is 1. The maximum absolute atomic E-state index is 11.5. The van der Waals surface area contributed by atoms with Crippen molar-refractivity contribution in [3.63, 3.8) is 0 Å². The molecule has 0 aliphatic rings. The van der Waals surface area contributed by atoms with Crippen LogP contribution >= 0.6 is 0 Å². The van der Waals surface area contributed by atoms with Gasteiger partial charge < -0.3 is 20.4 Å². The molecule has 0 aliphatic carbocycles. The summed E-state index contributed by atoms with van der Waals surface area (Å²) >= 11 is 0. The molecule has 2 heterocycles. The van der Waals surface area contributed by atoms with Gasteiger partial charge in [-0.25, -0.2) is 4.98 Å². The fourth-order valence-corrected chi connectivity index (χ4v) is 2.10. The number of hydrogen-bond acceptors (Lipinski definition) is 4. The molecule has 0 saturated carbocycles. The molecule has 6 nitrogen and oxygen atoms in total. The van der Waals surface area contributed by atoms with Gasteiger partial charge in [0.05, 0.1) is 18.5 Å². The van der Waals surface area contributed by atoms with E-state index in [2.05, 4.69) is 27.2 Å². The third kappa shape index (κ3) is 3.21. The summed E-state index contributed by atoms with van der Waals surface area (Å²) in [6.07, 6.45) is 6.34. The number of aromatic amines is 2. The zero-order valence-corrected chi connectivity index (χ0v) is 11.1. The predicted molar refractivity (Wildman–Crippen MR) is 74.0 cm³/mol. The Morgan fingerprint density at radius 3 is 3.05 bits per heavy atom. The molecule has 0 radical (unpaired) electrons. The van der Waals surface area contributed by atoms with Crippen molar-refractivity contribution < 1.29 is 5.11 Å². The van der Waals surface area contributed by atoms with Gasteiger partial charge in [-0.05, 0) is 6.42 Å². The fourth-order valence-electron chi connectivity index (χ4n) is 2.10. The Kier molecular flexibility index (Phi) is 4.70. The highest BCUT2D eigenvalue weighted by Crippen LogP contribution is 2.11. The van der Waals surface area contributed by atoms with Crippen LogP contribution < -0.4 is 10.9 Å². The van der Waals surface area contributed by atoms with Crippen LogP contribution in [0, 0.1) is 0 Å². The van der Waals surface area contributed by atoms with Crippen molar-refractivity contribution in [2.24, 2.45) is 0 Å². The number of nitrogens with one attached hydrogen (secondary N) is 3. The van der Waals surface area contributed by atoms with Crippen LogP contribution in [-0.2, 0) is 6.54 Å². The van der Waals surface area contributed by atoms with Crippen molar-refractivity contribution in [3.05, 3.63) is 28.4 Å². The van der Waals surface area contributed by atoms with Crippen LogP contribution in [0.5, 0.6) is 0 Å². The summed E-state index contributed by atoms with van der Waals surface area (Å²) in [6, 6.07) is 0.0897. The topological polar surface area (TPSA) is 93.8 Å². The number of fused-ring (bicyclic) bond motifs is 1. The maximum atomic E-state index is 11.5. The first-order valence-corrected chi connectivity index (χ1v) is 6.64. The highest BCUT2D eigenvalue weighted by atomic mass is 16.3. The Labute approximate surface area is 111 Å². The van der Waals surface area contributed by atoms with Crippen molar-refractivity contribution in [2.75, 3.05) is 6.61 Å². The SMILES string of the molecule is CCCC[C@@H](CO)NCc1c[nH]c2c(=O)[nH]cnc12. The lowest BCUT2D eigenvalue weighted by atomic mass is 10.1. The minimum absolute atomic E-state index is 0.0897. The van der Waals surface area contributed by atoms with Gasteiger partial charge in [0.15, 0.2) is 0 Å². The number of aromatic nitrogens is 3. The Morgan fingerprint density at radius 1 is 1.47 bits per heavy atom. The first-order chi connectivity index (χ1) is 9.26. The molecule has 4 N–H and O–H groups in total. The van der Waals surface area contributed by atoms with Gasteiger partial charge in [-0.15, -0.1) is 0 Å². The van der Waals surface area contributed by atoms with E-state index in [-0.39, 0.29) is 18.2 Å². The van der Waals surface area contributed by atoms with E-state index >= 15 is 0 Å². The lowest BCUT2D eigenvalue weighted by molar-refractivity contribution is 0.232. The lowest BCUT2D eigenvalue weighted by Gasteiger charge is -2.15. The number of unbranched alkanes of at least 4 members (excludes halogenated alkanes) is 1. The standard InChI is InChI=1S/C13H20N4O2/c1-2-3-4-10(7-18)14-5-9-6-15-12-11(9)16-8-17-13(12)19/h6,8,10,14-15,18H,2-5,7H2,1H3,(H,16,17,19)/t10-/m0/s1. The van der Waals surface area contributed by atoms with Crippen LogP contribution in [0.15, 0.2) is 17.3 Å². The van der Waals surface area contributed by atoms with Gasteiger partial charge in [0.1, 0.15) is 5.52 Å². The highest BCUT2D eigenvalue weighted by Gasteiger charge is 2.10. The third-order valence-corrected chi connectivity index (χ3v) is 3.26. The molecule has 2 aromatic heterocycles. The first-order valence-electron chi connectivity index (χ1n) is 6.64. The van der Waals surface area contributed by atoms with Gasteiger partial charge in [-0.2, -0.15) is 0 Å². The number of H-pyrrole nitrogens is 2. The van der Waals surface area contributed by atoms with Gasteiger partial charge >= 0.3 is 0 Å². The van der Waals surface area contributed by atoms with Crippen LogP contribution in [0.3, 0.4) is 0 Å². The quantitative estimate of drug-likeness (QED) is 0.597. The minimum Gasteiger partial charge on any atom is -0.395 e. The zero-order chi connectivity index (χ0) is 13.7. The van der Waals surface area contributed by atoms with Crippen LogP contribution in [-0.4, -0.2) is 32.7 Å². The van der Waals surface area contributed by atoms with Gasteiger partial charge in [-0.1, -0.05) is 19.8 Å². The average molecular weight is 264 g/mol. The molecule has 0 aromatic carbocycles. The molecule has 0 bridgehead atoms. The monoisotopic (exact) mass is 264 g/mol. The largest absolute Gasteiger partial charge is 0.395 e. The van der Waals surface area contributed by atoms with Crippen molar-refractivity contribution in [3.8, 4) is 0 Å². The van der Waals surface area contributed by atoms with E-state index in [9.17, 15) is 9.90 Å². The maximum Gasteiger partial charge on any atom is 0.275 e. The third-order valence-electron chi connectivity index (χ3n) is 3.26. The first kappa shape index (κ1) is 13.8. The molecule has 0 amide bonds. The van der Waals surface area contributed by atoms with E-state index in [1.807, 2.05) is 0 Å². The van der Waals surface area contributed by atoms with Crippen molar-refractivity contribution >= 4 is 11.0 Å². The van der Waals surface area contributed by atoms with E-state index in [1.54, 1.807) is 6.20 Å². The molecule has 0 saturated heterocycles. The number of rotatable bonds is 7. The summed E-state index contributed by atoms with van der Waals surface area (Å²) in [5.41, 5.74) is 1.95. The Hall–Kier alpha value is -1.66.